The maximum absolute atomic E-state index is 14.4. The average molecular weight is 488 g/mol. The number of hydrogen-bond acceptors (Lipinski definition) is 8. The molecule has 3 heterocycles. The second-order valence-corrected chi connectivity index (χ2v) is 8.70. The minimum absolute atomic E-state index is 0.0310. The summed E-state index contributed by atoms with van der Waals surface area (Å²) in [6, 6.07) is 3.30. The van der Waals surface area contributed by atoms with E-state index < -0.39 is 11.6 Å². The number of piperazine rings is 1. The molecular formula is C24H31F2N7O2. The van der Waals surface area contributed by atoms with Crippen LogP contribution in [0, 0.1) is 18.6 Å². The van der Waals surface area contributed by atoms with Gasteiger partial charge in [-0.25, -0.2) is 18.7 Å². The lowest BCUT2D eigenvalue weighted by Gasteiger charge is -2.32. The Morgan fingerprint density at radius 1 is 1.03 bits per heavy atom. The molecule has 0 aliphatic carbocycles. The summed E-state index contributed by atoms with van der Waals surface area (Å²) >= 11 is 0. The smallest absolute Gasteiger partial charge is 0.228 e. The predicted octanol–water partition coefficient (Wildman–Crippen LogP) is 2.92. The molecule has 2 aromatic heterocycles. The summed E-state index contributed by atoms with van der Waals surface area (Å²) in [5, 5.41) is 7.58. The molecule has 0 amide bonds. The third-order valence-electron chi connectivity index (χ3n) is 6.17. The quantitative estimate of drug-likeness (QED) is 0.494. The zero-order valence-corrected chi connectivity index (χ0v) is 20.5. The Hall–Kier alpha value is -3.31. The fourth-order valence-corrected chi connectivity index (χ4v) is 3.95. The minimum atomic E-state index is -0.784. The SMILES string of the molecule is COc1cc(C)c(F)c(COc2cnc(Nc3cc(CCN4CCN(C)CC4)n(C)n3)nc2)c1F. The van der Waals surface area contributed by atoms with Crippen molar-refractivity contribution in [3.05, 3.63) is 53.0 Å². The van der Waals surface area contributed by atoms with Gasteiger partial charge in [-0.1, -0.05) is 0 Å². The number of aromatic nitrogens is 4. The van der Waals surface area contributed by atoms with Gasteiger partial charge in [-0.2, -0.15) is 5.10 Å². The number of anilines is 2. The molecule has 0 spiro atoms. The lowest BCUT2D eigenvalue weighted by molar-refractivity contribution is 0.155. The van der Waals surface area contributed by atoms with Crippen molar-refractivity contribution in [3.8, 4) is 11.5 Å². The molecule has 0 saturated carbocycles. The van der Waals surface area contributed by atoms with Gasteiger partial charge in [-0.05, 0) is 25.6 Å². The van der Waals surface area contributed by atoms with Gasteiger partial charge in [0.2, 0.25) is 5.95 Å². The van der Waals surface area contributed by atoms with Crippen molar-refractivity contribution in [2.24, 2.45) is 7.05 Å². The molecule has 1 aliphatic rings. The van der Waals surface area contributed by atoms with E-state index in [1.165, 1.54) is 25.6 Å². The van der Waals surface area contributed by atoms with Crippen LogP contribution in [-0.2, 0) is 20.1 Å². The normalized spacial score (nSPS) is 14.8. The maximum atomic E-state index is 14.4. The second-order valence-electron chi connectivity index (χ2n) is 8.70. The largest absolute Gasteiger partial charge is 0.494 e. The summed E-state index contributed by atoms with van der Waals surface area (Å²) in [7, 11) is 5.40. The van der Waals surface area contributed by atoms with Crippen molar-refractivity contribution in [1.82, 2.24) is 29.5 Å². The molecule has 0 atom stereocenters. The highest BCUT2D eigenvalue weighted by Crippen LogP contribution is 2.27. The summed E-state index contributed by atoms with van der Waals surface area (Å²) in [4.78, 5) is 13.3. The monoisotopic (exact) mass is 487 g/mol. The van der Waals surface area contributed by atoms with Crippen LogP contribution in [-0.4, -0.2) is 76.4 Å². The lowest BCUT2D eigenvalue weighted by Crippen LogP contribution is -2.45. The van der Waals surface area contributed by atoms with Crippen LogP contribution in [0.1, 0.15) is 16.8 Å². The van der Waals surface area contributed by atoms with Gasteiger partial charge >= 0.3 is 0 Å². The van der Waals surface area contributed by atoms with Crippen molar-refractivity contribution >= 4 is 11.8 Å². The van der Waals surface area contributed by atoms with Gasteiger partial charge in [-0.3, -0.25) is 4.68 Å². The molecule has 9 nitrogen and oxygen atoms in total. The number of nitrogens with zero attached hydrogens (tertiary/aromatic N) is 6. The third-order valence-corrected chi connectivity index (χ3v) is 6.17. The Morgan fingerprint density at radius 2 is 1.74 bits per heavy atom. The Labute approximate surface area is 203 Å². The fourth-order valence-electron chi connectivity index (χ4n) is 3.95. The number of halogens is 2. The Bertz CT molecular complexity index is 1150. The Morgan fingerprint density at radius 3 is 2.43 bits per heavy atom. The van der Waals surface area contributed by atoms with Crippen molar-refractivity contribution in [3.63, 3.8) is 0 Å². The number of methoxy groups -OCH3 is 1. The standard InChI is InChI=1S/C24H31F2N7O2/c1-16-11-20(34-4)23(26)19(22(16)25)15-35-18-13-27-24(28-14-18)29-21-12-17(32(3)30-21)5-6-33-9-7-31(2)8-10-33/h11-14H,5-10,15H2,1-4H3,(H,27,28,29,30). The van der Waals surface area contributed by atoms with Crippen LogP contribution in [0.4, 0.5) is 20.5 Å². The number of hydrogen-bond donors (Lipinski definition) is 1. The first-order valence-corrected chi connectivity index (χ1v) is 11.5. The van der Waals surface area contributed by atoms with Gasteiger partial charge < -0.3 is 24.6 Å². The van der Waals surface area contributed by atoms with Crippen LogP contribution < -0.4 is 14.8 Å². The highest BCUT2D eigenvalue weighted by molar-refractivity contribution is 5.48. The summed E-state index contributed by atoms with van der Waals surface area (Å²) in [6.45, 7) is 6.57. The number of rotatable bonds is 9. The van der Waals surface area contributed by atoms with Gasteiger partial charge in [0, 0.05) is 58.0 Å². The first-order chi connectivity index (χ1) is 16.8. The lowest BCUT2D eigenvalue weighted by atomic mass is 10.1. The van der Waals surface area contributed by atoms with E-state index in [2.05, 4.69) is 37.2 Å². The Kier molecular flexibility index (Phi) is 7.76. The van der Waals surface area contributed by atoms with Gasteiger partial charge in [0.05, 0.1) is 25.1 Å². The molecule has 4 rings (SSSR count). The Balaban J connectivity index is 1.33. The van der Waals surface area contributed by atoms with Gasteiger partial charge in [0.1, 0.15) is 12.4 Å². The van der Waals surface area contributed by atoms with Crippen molar-refractivity contribution in [2.75, 3.05) is 52.2 Å². The van der Waals surface area contributed by atoms with Crippen LogP contribution in [0.3, 0.4) is 0 Å². The number of ether oxygens (including phenoxy) is 2. The van der Waals surface area contributed by atoms with Crippen molar-refractivity contribution in [2.45, 2.75) is 20.0 Å². The first-order valence-electron chi connectivity index (χ1n) is 11.5. The van der Waals surface area contributed by atoms with Crippen LogP contribution in [0.25, 0.3) is 0 Å². The van der Waals surface area contributed by atoms with E-state index in [1.807, 2.05) is 17.8 Å². The molecule has 1 fully saturated rings. The van der Waals surface area contributed by atoms with Crippen LogP contribution in [0.2, 0.25) is 0 Å². The first kappa shape index (κ1) is 24.8. The van der Waals surface area contributed by atoms with E-state index in [0.29, 0.717) is 11.8 Å². The van der Waals surface area contributed by atoms with Crippen LogP contribution >= 0.6 is 0 Å². The third kappa shape index (κ3) is 6.04. The summed E-state index contributed by atoms with van der Waals surface area (Å²) in [5.74, 6) is -0.212. The van der Waals surface area contributed by atoms with Crippen molar-refractivity contribution in [1.29, 1.82) is 0 Å². The minimum Gasteiger partial charge on any atom is -0.494 e. The van der Waals surface area contributed by atoms with E-state index in [-0.39, 0.29) is 29.2 Å². The summed E-state index contributed by atoms with van der Waals surface area (Å²) in [5.41, 5.74) is 1.18. The molecule has 3 aromatic rings. The maximum Gasteiger partial charge on any atom is 0.228 e. The summed E-state index contributed by atoms with van der Waals surface area (Å²) in [6.07, 6.45) is 3.78. The molecule has 1 saturated heterocycles. The second kappa shape index (κ2) is 11.0. The molecule has 1 aromatic carbocycles. The molecule has 11 heteroatoms. The molecule has 188 valence electrons. The highest BCUT2D eigenvalue weighted by atomic mass is 19.1. The van der Waals surface area contributed by atoms with E-state index in [4.69, 9.17) is 9.47 Å². The van der Waals surface area contributed by atoms with E-state index in [9.17, 15) is 8.78 Å². The molecule has 0 radical (unpaired) electrons. The number of likely N-dealkylation sites (N-methyl/N-ethyl adjacent to an activating group) is 1. The molecule has 1 aliphatic heterocycles. The van der Waals surface area contributed by atoms with Crippen LogP contribution in [0.5, 0.6) is 11.5 Å². The molecule has 35 heavy (non-hydrogen) atoms. The van der Waals surface area contributed by atoms with Gasteiger partial charge in [-0.15, -0.1) is 0 Å². The molecular weight excluding hydrogens is 456 g/mol. The van der Waals surface area contributed by atoms with E-state index in [1.54, 1.807) is 6.92 Å². The van der Waals surface area contributed by atoms with Crippen LogP contribution in [0.15, 0.2) is 24.5 Å². The summed E-state index contributed by atoms with van der Waals surface area (Å²) < 4.78 is 41.1. The average Bonchev–Trinajstić information content (AvgIpc) is 3.20. The molecule has 0 bridgehead atoms. The topological polar surface area (TPSA) is 80.6 Å². The molecule has 1 N–H and O–H groups in total. The van der Waals surface area contributed by atoms with Crippen molar-refractivity contribution < 1.29 is 18.3 Å². The zero-order chi connectivity index (χ0) is 24.9. The van der Waals surface area contributed by atoms with Gasteiger partial charge in [0.25, 0.3) is 0 Å². The highest BCUT2D eigenvalue weighted by Gasteiger charge is 2.18. The zero-order valence-electron chi connectivity index (χ0n) is 20.5. The van der Waals surface area contributed by atoms with E-state index >= 15 is 0 Å². The molecule has 0 unspecified atom stereocenters. The number of nitrogens with one attached hydrogen (secondary N) is 1. The fraction of sp³-hybridized carbons (Fsp3) is 0.458. The number of aryl methyl sites for hydroxylation is 2. The van der Waals surface area contributed by atoms with E-state index in [0.717, 1.165) is 44.8 Å². The number of benzene rings is 1. The van der Waals surface area contributed by atoms with Gasteiger partial charge in [0.15, 0.2) is 23.1 Å². The predicted molar refractivity (Wildman–Crippen MR) is 128 cm³/mol.